The Morgan fingerprint density at radius 3 is 2.38 bits per heavy atom. The number of hydrogen-bond acceptors (Lipinski definition) is 3. The second kappa shape index (κ2) is 11.5. The van der Waals surface area contributed by atoms with Crippen LogP contribution in [-0.2, 0) is 24.4 Å². The van der Waals surface area contributed by atoms with Crippen LogP contribution in [0.25, 0.3) is 11.1 Å². The van der Waals surface area contributed by atoms with E-state index in [1.54, 1.807) is 0 Å². The molecular weight excluding hydrogens is 480 g/mol. The summed E-state index contributed by atoms with van der Waals surface area (Å²) in [5, 5.41) is 4.41. The lowest BCUT2D eigenvalue weighted by Gasteiger charge is -2.35. The van der Waals surface area contributed by atoms with Gasteiger partial charge in [0.1, 0.15) is 18.6 Å². The van der Waals surface area contributed by atoms with Crippen molar-refractivity contribution >= 4 is 6.29 Å². The van der Waals surface area contributed by atoms with Gasteiger partial charge in [-0.1, -0.05) is 91.0 Å². The van der Waals surface area contributed by atoms with Crippen molar-refractivity contribution in [2.45, 2.75) is 44.2 Å². The third kappa shape index (κ3) is 5.56. The highest BCUT2D eigenvalue weighted by atomic mass is 16.5. The van der Waals surface area contributed by atoms with Crippen molar-refractivity contribution in [3.8, 4) is 16.9 Å². The third-order valence-corrected chi connectivity index (χ3v) is 7.77. The fourth-order valence-corrected chi connectivity index (χ4v) is 5.80. The lowest BCUT2D eigenvalue weighted by atomic mass is 9.69. The summed E-state index contributed by atoms with van der Waals surface area (Å²) in [5.74, 6) is 1.60. The van der Waals surface area contributed by atoms with Crippen LogP contribution < -0.4 is 4.74 Å². The molecule has 2 atom stereocenters. The molecule has 0 fully saturated rings. The number of aromatic nitrogens is 2. The van der Waals surface area contributed by atoms with E-state index in [4.69, 9.17) is 4.74 Å². The zero-order chi connectivity index (χ0) is 26.4. The standard InChI is InChI=1S/C35H32N2O2/c38-21-7-20-37-24-31(23-36-37)27-12-14-29(15-13-27)35-33(28-10-5-2-6-11-28)18-16-30-22-32(17-19-34(30)35)39-25-26-8-3-1-4-9-26/h1-6,8-15,17,19,21-24,33,35H,7,16,18,20,25H2. The van der Waals surface area contributed by atoms with Crippen molar-refractivity contribution in [3.63, 3.8) is 0 Å². The predicted octanol–water partition coefficient (Wildman–Crippen LogP) is 7.58. The quantitative estimate of drug-likeness (QED) is 0.191. The average Bonchev–Trinajstić information content (AvgIpc) is 3.48. The van der Waals surface area contributed by atoms with Crippen molar-refractivity contribution in [2.24, 2.45) is 0 Å². The van der Waals surface area contributed by atoms with E-state index in [1.807, 2.05) is 35.3 Å². The molecule has 6 rings (SSSR count). The van der Waals surface area contributed by atoms with E-state index >= 15 is 0 Å². The topological polar surface area (TPSA) is 44.1 Å². The Labute approximate surface area is 229 Å². The van der Waals surface area contributed by atoms with Crippen LogP contribution in [0.3, 0.4) is 0 Å². The van der Waals surface area contributed by atoms with Gasteiger partial charge in [-0.05, 0) is 64.3 Å². The molecule has 1 heterocycles. The monoisotopic (exact) mass is 512 g/mol. The number of aryl methyl sites for hydroxylation is 2. The summed E-state index contributed by atoms with van der Waals surface area (Å²) < 4.78 is 8.01. The number of hydrogen-bond donors (Lipinski definition) is 0. The minimum Gasteiger partial charge on any atom is -0.489 e. The van der Waals surface area contributed by atoms with Gasteiger partial charge in [0.25, 0.3) is 0 Å². The summed E-state index contributed by atoms with van der Waals surface area (Å²) >= 11 is 0. The molecule has 0 saturated carbocycles. The lowest BCUT2D eigenvalue weighted by Crippen LogP contribution is -2.20. The molecule has 0 radical (unpaired) electrons. The summed E-state index contributed by atoms with van der Waals surface area (Å²) in [6.07, 6.45) is 7.42. The van der Waals surface area contributed by atoms with Gasteiger partial charge in [0.05, 0.1) is 6.20 Å². The molecule has 2 unspecified atom stereocenters. The van der Waals surface area contributed by atoms with Crippen LogP contribution in [0.4, 0.5) is 0 Å². The van der Waals surface area contributed by atoms with E-state index in [0.717, 1.165) is 36.0 Å². The molecule has 4 heteroatoms. The molecule has 4 aromatic carbocycles. The first kappa shape index (κ1) is 24.9. The van der Waals surface area contributed by atoms with E-state index in [1.165, 1.54) is 27.8 Å². The molecule has 39 heavy (non-hydrogen) atoms. The first-order valence-corrected chi connectivity index (χ1v) is 13.7. The van der Waals surface area contributed by atoms with Gasteiger partial charge in [-0.2, -0.15) is 5.10 Å². The van der Waals surface area contributed by atoms with Crippen LogP contribution in [0.2, 0.25) is 0 Å². The molecule has 0 N–H and O–H groups in total. The van der Waals surface area contributed by atoms with Crippen molar-refractivity contribution in [1.29, 1.82) is 0 Å². The molecule has 1 aliphatic carbocycles. The minimum absolute atomic E-state index is 0.267. The summed E-state index contributed by atoms with van der Waals surface area (Å²) in [6.45, 7) is 1.18. The summed E-state index contributed by atoms with van der Waals surface area (Å²) in [4.78, 5) is 10.7. The Balaban J connectivity index is 1.30. The molecule has 1 aromatic heterocycles. The highest BCUT2D eigenvalue weighted by Crippen LogP contribution is 2.47. The Morgan fingerprint density at radius 1 is 0.846 bits per heavy atom. The molecule has 0 bridgehead atoms. The second-order valence-electron chi connectivity index (χ2n) is 10.2. The van der Waals surface area contributed by atoms with E-state index in [9.17, 15) is 4.79 Å². The molecule has 0 aliphatic heterocycles. The molecule has 1 aliphatic rings. The SMILES string of the molecule is O=CCCn1cc(-c2ccc(C3c4ccc(OCc5ccccc5)cc4CCC3c3ccccc3)cc2)cn1. The van der Waals surface area contributed by atoms with Gasteiger partial charge in [-0.15, -0.1) is 0 Å². The van der Waals surface area contributed by atoms with Gasteiger partial charge in [0.15, 0.2) is 0 Å². The third-order valence-electron chi connectivity index (χ3n) is 7.77. The van der Waals surface area contributed by atoms with Gasteiger partial charge in [0, 0.05) is 30.6 Å². The second-order valence-corrected chi connectivity index (χ2v) is 10.2. The maximum absolute atomic E-state index is 10.7. The Kier molecular flexibility index (Phi) is 7.35. The van der Waals surface area contributed by atoms with E-state index < -0.39 is 0 Å². The molecule has 0 spiro atoms. The van der Waals surface area contributed by atoms with Crippen LogP contribution in [0.1, 0.15) is 52.5 Å². The Morgan fingerprint density at radius 2 is 1.62 bits per heavy atom. The number of rotatable bonds is 9. The number of nitrogens with zero attached hydrogens (tertiary/aromatic N) is 2. The predicted molar refractivity (Wildman–Crippen MR) is 155 cm³/mol. The highest BCUT2D eigenvalue weighted by Gasteiger charge is 2.32. The molecular formula is C35H32N2O2. The van der Waals surface area contributed by atoms with Gasteiger partial charge in [0.2, 0.25) is 0 Å². The fraction of sp³-hybridized carbons (Fsp3) is 0.200. The van der Waals surface area contributed by atoms with Crippen LogP contribution in [0, 0.1) is 0 Å². The summed E-state index contributed by atoms with van der Waals surface area (Å²) in [6, 6.07) is 36.8. The van der Waals surface area contributed by atoms with Crippen LogP contribution in [0.5, 0.6) is 5.75 Å². The first-order chi connectivity index (χ1) is 19.3. The van der Waals surface area contributed by atoms with Crippen molar-refractivity contribution in [3.05, 3.63) is 143 Å². The van der Waals surface area contributed by atoms with Crippen LogP contribution in [0.15, 0.2) is 116 Å². The fourth-order valence-electron chi connectivity index (χ4n) is 5.80. The highest BCUT2D eigenvalue weighted by molar-refractivity contribution is 5.63. The van der Waals surface area contributed by atoms with E-state index in [2.05, 4.69) is 90.0 Å². The van der Waals surface area contributed by atoms with Crippen molar-refractivity contribution < 1.29 is 9.53 Å². The number of carbonyl (C=O) groups excluding carboxylic acids is 1. The van der Waals surface area contributed by atoms with Crippen LogP contribution in [-0.4, -0.2) is 16.1 Å². The lowest BCUT2D eigenvalue weighted by molar-refractivity contribution is -0.108. The van der Waals surface area contributed by atoms with Crippen LogP contribution >= 0.6 is 0 Å². The van der Waals surface area contributed by atoms with Crippen molar-refractivity contribution in [2.75, 3.05) is 0 Å². The number of carbonyl (C=O) groups is 1. The molecule has 5 aromatic rings. The van der Waals surface area contributed by atoms with Gasteiger partial charge < -0.3 is 9.53 Å². The van der Waals surface area contributed by atoms with Gasteiger partial charge in [-0.3, -0.25) is 4.68 Å². The molecule has 194 valence electrons. The maximum Gasteiger partial charge on any atom is 0.121 e. The minimum atomic E-state index is 0.267. The maximum atomic E-state index is 10.7. The number of ether oxygens (including phenoxy) is 1. The normalized spacial score (nSPS) is 16.4. The van der Waals surface area contributed by atoms with Crippen molar-refractivity contribution in [1.82, 2.24) is 9.78 Å². The van der Waals surface area contributed by atoms with Gasteiger partial charge in [-0.25, -0.2) is 0 Å². The van der Waals surface area contributed by atoms with E-state index in [-0.39, 0.29) is 5.92 Å². The number of benzene rings is 4. The summed E-state index contributed by atoms with van der Waals surface area (Å²) in [7, 11) is 0. The molecule has 0 amide bonds. The Bertz CT molecular complexity index is 1520. The molecule has 4 nitrogen and oxygen atoms in total. The number of fused-ring (bicyclic) bond motifs is 1. The largest absolute Gasteiger partial charge is 0.489 e. The number of aldehydes is 1. The van der Waals surface area contributed by atoms with Gasteiger partial charge >= 0.3 is 0 Å². The smallest absolute Gasteiger partial charge is 0.121 e. The average molecular weight is 513 g/mol. The Hall–Kier alpha value is -4.44. The zero-order valence-electron chi connectivity index (χ0n) is 21.9. The first-order valence-electron chi connectivity index (χ1n) is 13.7. The van der Waals surface area contributed by atoms with E-state index in [0.29, 0.717) is 25.5 Å². The molecule has 0 saturated heterocycles. The summed E-state index contributed by atoms with van der Waals surface area (Å²) in [5.41, 5.74) is 8.84. The zero-order valence-corrected chi connectivity index (χ0v) is 21.9.